The first-order valence-corrected chi connectivity index (χ1v) is 11.8. The highest BCUT2D eigenvalue weighted by Crippen LogP contribution is 2.28. The Morgan fingerprint density at radius 1 is 1.10 bits per heavy atom. The maximum Gasteiger partial charge on any atom is 0.255 e. The van der Waals surface area contributed by atoms with Crippen molar-refractivity contribution in [1.82, 2.24) is 9.62 Å². The number of carbonyl (C=O) groups is 1. The zero-order valence-corrected chi connectivity index (χ0v) is 18.6. The van der Waals surface area contributed by atoms with Crippen LogP contribution in [0, 0.1) is 5.92 Å². The van der Waals surface area contributed by atoms with Gasteiger partial charge in [0.05, 0.1) is 23.6 Å². The number of rotatable bonds is 8. The summed E-state index contributed by atoms with van der Waals surface area (Å²) in [6, 6.07) is 14.1. The molecule has 30 heavy (non-hydrogen) atoms. The molecule has 0 spiro atoms. The van der Waals surface area contributed by atoms with Gasteiger partial charge in [0.15, 0.2) is 0 Å². The Balaban J connectivity index is 1.91. The summed E-state index contributed by atoms with van der Waals surface area (Å²) in [5.74, 6) is 0.378. The van der Waals surface area contributed by atoms with Gasteiger partial charge in [0, 0.05) is 13.1 Å². The molecular formula is C23H30N2O4S. The molecule has 1 unspecified atom stereocenters. The number of sulfonamides is 1. The van der Waals surface area contributed by atoms with Crippen molar-refractivity contribution in [3.8, 4) is 5.75 Å². The van der Waals surface area contributed by atoms with Gasteiger partial charge in [0.1, 0.15) is 5.75 Å². The summed E-state index contributed by atoms with van der Waals surface area (Å²) in [6.45, 7) is 5.23. The molecule has 3 rings (SSSR count). The van der Waals surface area contributed by atoms with E-state index in [2.05, 4.69) is 19.2 Å². The minimum atomic E-state index is -3.62. The Hall–Kier alpha value is -2.38. The average molecular weight is 431 g/mol. The van der Waals surface area contributed by atoms with E-state index in [-0.39, 0.29) is 22.4 Å². The first-order valence-electron chi connectivity index (χ1n) is 10.4. The fourth-order valence-corrected chi connectivity index (χ4v) is 5.32. The monoisotopic (exact) mass is 430 g/mol. The Bertz CT molecular complexity index is 968. The predicted octanol–water partition coefficient (Wildman–Crippen LogP) is 4.00. The first-order chi connectivity index (χ1) is 14.3. The molecule has 1 N–H and O–H groups in total. The molecule has 6 nitrogen and oxygen atoms in total. The summed E-state index contributed by atoms with van der Waals surface area (Å²) in [7, 11) is -2.15. The smallest absolute Gasteiger partial charge is 0.255 e. The van der Waals surface area contributed by atoms with Crippen LogP contribution < -0.4 is 10.1 Å². The molecule has 1 heterocycles. The van der Waals surface area contributed by atoms with Gasteiger partial charge in [-0.15, -0.1) is 0 Å². The van der Waals surface area contributed by atoms with Gasteiger partial charge in [-0.1, -0.05) is 44.2 Å². The largest absolute Gasteiger partial charge is 0.496 e. The van der Waals surface area contributed by atoms with E-state index in [0.29, 0.717) is 24.8 Å². The first kappa shape index (κ1) is 22.3. The summed E-state index contributed by atoms with van der Waals surface area (Å²) in [5.41, 5.74) is 1.24. The van der Waals surface area contributed by atoms with E-state index in [1.165, 1.54) is 23.5 Å². The molecule has 0 aromatic heterocycles. The second-order valence-corrected chi connectivity index (χ2v) is 9.98. The number of hydrogen-bond acceptors (Lipinski definition) is 4. The molecule has 0 aliphatic carbocycles. The van der Waals surface area contributed by atoms with Gasteiger partial charge in [-0.2, -0.15) is 4.31 Å². The van der Waals surface area contributed by atoms with E-state index < -0.39 is 10.0 Å². The second kappa shape index (κ2) is 9.62. The molecule has 0 bridgehead atoms. The number of carbonyl (C=O) groups excluding carboxylic acids is 1. The number of hydrogen-bond donors (Lipinski definition) is 1. The third-order valence-electron chi connectivity index (χ3n) is 5.33. The molecule has 1 aliphatic heterocycles. The number of ether oxygens (including phenoxy) is 1. The van der Waals surface area contributed by atoms with Crippen molar-refractivity contribution in [1.29, 1.82) is 0 Å². The molecular weight excluding hydrogens is 400 g/mol. The lowest BCUT2D eigenvalue weighted by atomic mass is 9.96. The van der Waals surface area contributed by atoms with E-state index in [0.717, 1.165) is 24.8 Å². The Labute approximate surface area is 179 Å². The van der Waals surface area contributed by atoms with Gasteiger partial charge in [0.2, 0.25) is 10.0 Å². The van der Waals surface area contributed by atoms with Crippen molar-refractivity contribution in [3.63, 3.8) is 0 Å². The Morgan fingerprint density at radius 3 is 2.37 bits per heavy atom. The molecule has 1 atom stereocenters. The van der Waals surface area contributed by atoms with Crippen molar-refractivity contribution in [2.75, 3.05) is 20.2 Å². The molecule has 2 aromatic carbocycles. The highest BCUT2D eigenvalue weighted by atomic mass is 32.2. The zero-order valence-electron chi connectivity index (χ0n) is 17.8. The summed E-state index contributed by atoms with van der Waals surface area (Å²) >= 11 is 0. The van der Waals surface area contributed by atoms with Crippen LogP contribution in [0.2, 0.25) is 0 Å². The van der Waals surface area contributed by atoms with Crippen molar-refractivity contribution in [2.24, 2.45) is 5.92 Å². The molecule has 1 saturated heterocycles. The number of amides is 1. The molecule has 162 valence electrons. The van der Waals surface area contributed by atoms with E-state index in [1.54, 1.807) is 6.07 Å². The topological polar surface area (TPSA) is 75.7 Å². The zero-order chi connectivity index (χ0) is 21.7. The Kier molecular flexibility index (Phi) is 7.15. The highest BCUT2D eigenvalue weighted by Gasteiger charge is 2.29. The van der Waals surface area contributed by atoms with Crippen LogP contribution in [0.4, 0.5) is 0 Å². The quantitative estimate of drug-likeness (QED) is 0.687. The van der Waals surface area contributed by atoms with Crippen molar-refractivity contribution >= 4 is 15.9 Å². The number of benzene rings is 2. The lowest BCUT2D eigenvalue weighted by Gasteiger charge is -2.22. The van der Waals surface area contributed by atoms with Crippen LogP contribution in [0.15, 0.2) is 53.4 Å². The molecule has 1 amide bonds. The minimum absolute atomic E-state index is 0.121. The fourth-order valence-electron chi connectivity index (χ4n) is 3.77. The van der Waals surface area contributed by atoms with Gasteiger partial charge in [-0.3, -0.25) is 4.79 Å². The molecule has 1 fully saturated rings. The maximum atomic E-state index is 13.2. The van der Waals surface area contributed by atoms with Crippen LogP contribution in [0.1, 0.15) is 55.1 Å². The number of nitrogens with one attached hydrogen (secondary N) is 1. The standard InChI is InChI=1S/C23H30N2O4S/c1-17(2)15-21(18-9-5-4-6-10-18)24-23(26)20-16-19(11-12-22(20)29-3)30(27,28)25-13-7-8-14-25/h4-6,9-12,16-17,21H,7-8,13-15H2,1-3H3,(H,24,26). The lowest BCUT2D eigenvalue weighted by molar-refractivity contribution is 0.0928. The summed E-state index contributed by atoms with van der Waals surface area (Å²) < 4.78 is 32.7. The summed E-state index contributed by atoms with van der Waals surface area (Å²) in [4.78, 5) is 13.3. The van der Waals surface area contributed by atoms with E-state index in [9.17, 15) is 13.2 Å². The van der Waals surface area contributed by atoms with Crippen molar-refractivity contribution < 1.29 is 17.9 Å². The maximum absolute atomic E-state index is 13.2. The van der Waals surface area contributed by atoms with Crippen LogP contribution in [0.25, 0.3) is 0 Å². The van der Waals surface area contributed by atoms with Crippen LogP contribution in [0.3, 0.4) is 0 Å². The third-order valence-corrected chi connectivity index (χ3v) is 7.23. The van der Waals surface area contributed by atoms with Gasteiger partial charge in [0.25, 0.3) is 5.91 Å². The predicted molar refractivity (Wildman–Crippen MR) is 117 cm³/mol. The average Bonchev–Trinajstić information content (AvgIpc) is 3.29. The van der Waals surface area contributed by atoms with Gasteiger partial charge in [-0.05, 0) is 48.9 Å². The SMILES string of the molecule is COc1ccc(S(=O)(=O)N2CCCC2)cc1C(=O)NC(CC(C)C)c1ccccc1. The molecule has 0 radical (unpaired) electrons. The van der Waals surface area contributed by atoms with Gasteiger partial charge < -0.3 is 10.1 Å². The van der Waals surface area contributed by atoms with Gasteiger partial charge in [-0.25, -0.2) is 8.42 Å². The highest BCUT2D eigenvalue weighted by molar-refractivity contribution is 7.89. The molecule has 1 aliphatic rings. The Morgan fingerprint density at radius 2 is 1.77 bits per heavy atom. The van der Waals surface area contributed by atoms with E-state index >= 15 is 0 Å². The second-order valence-electron chi connectivity index (χ2n) is 8.04. The molecule has 0 saturated carbocycles. The summed E-state index contributed by atoms with van der Waals surface area (Å²) in [6.07, 6.45) is 2.48. The van der Waals surface area contributed by atoms with Crippen LogP contribution in [-0.2, 0) is 10.0 Å². The molecule has 2 aromatic rings. The lowest BCUT2D eigenvalue weighted by Crippen LogP contribution is -2.31. The summed E-state index contributed by atoms with van der Waals surface area (Å²) in [5, 5.41) is 3.08. The van der Waals surface area contributed by atoms with Crippen LogP contribution in [-0.4, -0.2) is 38.8 Å². The third kappa shape index (κ3) is 5.02. The number of nitrogens with zero attached hydrogens (tertiary/aromatic N) is 1. The normalized spacial score (nSPS) is 15.9. The minimum Gasteiger partial charge on any atom is -0.496 e. The van der Waals surface area contributed by atoms with Crippen molar-refractivity contribution in [2.45, 2.75) is 44.0 Å². The van der Waals surface area contributed by atoms with E-state index in [4.69, 9.17) is 4.74 Å². The number of methoxy groups -OCH3 is 1. The van der Waals surface area contributed by atoms with E-state index in [1.807, 2.05) is 30.3 Å². The molecule has 7 heteroatoms. The van der Waals surface area contributed by atoms with Crippen LogP contribution in [0.5, 0.6) is 5.75 Å². The van der Waals surface area contributed by atoms with Gasteiger partial charge >= 0.3 is 0 Å². The van der Waals surface area contributed by atoms with Crippen LogP contribution >= 0.6 is 0 Å². The fraction of sp³-hybridized carbons (Fsp3) is 0.435. The van der Waals surface area contributed by atoms with Crippen molar-refractivity contribution in [3.05, 3.63) is 59.7 Å².